The van der Waals surface area contributed by atoms with E-state index in [0.29, 0.717) is 11.8 Å². The van der Waals surface area contributed by atoms with E-state index in [4.69, 9.17) is 0 Å². The summed E-state index contributed by atoms with van der Waals surface area (Å²) in [7, 11) is 0. The second kappa shape index (κ2) is 33.2. The number of aldehydes is 1. The van der Waals surface area contributed by atoms with Crippen molar-refractivity contribution in [2.75, 3.05) is 4.90 Å². The number of carbonyl (C=O) groups excluding carboxylic acids is 1. The smallest absolute Gasteiger partial charge is 0.150 e. The quantitative estimate of drug-likeness (QED) is 0.0222. The third kappa shape index (κ3) is 12.1. The first-order valence-corrected chi connectivity index (χ1v) is 57.7. The molecule has 0 radical (unpaired) electrons. The van der Waals surface area contributed by atoms with Crippen LogP contribution < -0.4 is 4.90 Å². The molecule has 0 spiro atoms. The summed E-state index contributed by atoms with van der Waals surface area (Å²) in [4.78, 5) is 16.2. The molecule has 2 nitrogen and oxygen atoms in total. The highest BCUT2D eigenvalue weighted by Gasteiger charge is 2.89. The highest BCUT2D eigenvalue weighted by atomic mass is 16.1. The van der Waals surface area contributed by atoms with E-state index in [1.54, 1.807) is 16.7 Å². The molecule has 24 unspecified atom stereocenters. The number of benzene rings is 11. The van der Waals surface area contributed by atoms with E-state index in [1.165, 1.54) is 360 Å². The number of hydrogen-bond donors (Lipinski definition) is 0. The number of rotatable bonds is 36. The maximum absolute atomic E-state index is 13.6. The van der Waals surface area contributed by atoms with Crippen LogP contribution in [0.5, 0.6) is 0 Å². The molecule has 14 fully saturated rings. The molecular weight excluding hydrogens is 1680 g/mol. The Morgan fingerprint density at radius 1 is 0.252 bits per heavy atom. The minimum Gasteiger partial charge on any atom is -0.310 e. The summed E-state index contributed by atoms with van der Waals surface area (Å²) >= 11 is 0. The lowest BCUT2D eigenvalue weighted by Crippen LogP contribution is -2.87. The van der Waals surface area contributed by atoms with Gasteiger partial charge in [0.15, 0.2) is 0 Å². The summed E-state index contributed by atoms with van der Waals surface area (Å²) < 4.78 is 0. The molecule has 18 aliphatic rings. The molecule has 29 rings (SSSR count). The lowest BCUT2D eigenvalue weighted by Gasteiger charge is -2.91. The van der Waals surface area contributed by atoms with Crippen molar-refractivity contribution in [2.45, 2.75) is 271 Å². The van der Waals surface area contributed by atoms with Crippen molar-refractivity contribution < 1.29 is 4.79 Å². The maximum atomic E-state index is 13.6. The van der Waals surface area contributed by atoms with Crippen LogP contribution in [0, 0.1) is 156 Å². The van der Waals surface area contributed by atoms with Gasteiger partial charge in [0.25, 0.3) is 0 Å². The molecule has 11 aromatic rings. The van der Waals surface area contributed by atoms with Gasteiger partial charge in [-0.25, -0.2) is 0 Å². The van der Waals surface area contributed by atoms with Gasteiger partial charge in [0.05, 0.1) is 10.8 Å². The zero-order valence-corrected chi connectivity index (χ0v) is 84.1. The van der Waals surface area contributed by atoms with E-state index in [-0.39, 0.29) is 0 Å². The normalized spacial score (nSPS) is 31.8. The van der Waals surface area contributed by atoms with Crippen LogP contribution in [-0.2, 0) is 36.5 Å². The van der Waals surface area contributed by atoms with Crippen molar-refractivity contribution in [3.05, 3.63) is 335 Å². The van der Waals surface area contributed by atoms with Crippen LogP contribution in [0.1, 0.15) is 331 Å². The van der Waals surface area contributed by atoms with Gasteiger partial charge < -0.3 is 4.90 Å². The number of allylic oxidation sites excluding steroid dienone is 2. The van der Waals surface area contributed by atoms with Crippen LogP contribution in [0.4, 0.5) is 17.1 Å². The second-order valence-electron chi connectivity index (χ2n) is 49.5. The lowest BCUT2D eigenvalue weighted by atomic mass is 9.13. The highest BCUT2D eigenvalue weighted by Crippen LogP contribution is 2.93. The Morgan fingerprint density at radius 2 is 0.532 bits per heavy atom. The molecule has 0 heterocycles. The number of anilines is 3. The summed E-state index contributed by atoms with van der Waals surface area (Å²) in [6.07, 6.45) is 45.2. The second-order valence-corrected chi connectivity index (χ2v) is 49.5. The van der Waals surface area contributed by atoms with Gasteiger partial charge in [-0.1, -0.05) is 318 Å². The van der Waals surface area contributed by atoms with Crippen LogP contribution in [0.25, 0.3) is 55.7 Å². The van der Waals surface area contributed by atoms with Gasteiger partial charge in [-0.05, 0) is 469 Å². The zero-order chi connectivity index (χ0) is 92.3. The van der Waals surface area contributed by atoms with Crippen LogP contribution in [0.3, 0.4) is 0 Å². The first-order chi connectivity index (χ1) is 68.6. The van der Waals surface area contributed by atoms with Crippen LogP contribution in [0.15, 0.2) is 230 Å². The fourth-order valence-corrected chi connectivity index (χ4v) is 37.5. The summed E-state index contributed by atoms with van der Waals surface area (Å²) in [6, 6.07) is 92.6. The Balaban J connectivity index is 0.662. The van der Waals surface area contributed by atoms with Crippen molar-refractivity contribution in [1.29, 1.82) is 0 Å². The van der Waals surface area contributed by atoms with E-state index in [2.05, 4.69) is 265 Å². The van der Waals surface area contributed by atoms with E-state index >= 15 is 0 Å². The molecule has 0 saturated heterocycles. The minimum atomic E-state index is -0.725. The fourth-order valence-electron chi connectivity index (χ4n) is 37.5. The SMILES string of the molecule is CCCCCCCCc1ccc(C2(c3ccc(CCCCCCCC)cc3)c3cc4c(cc3-c3cc5c(cc32)-c2cc3c(cc2C5(c2ccc(CCCCCCCC)cc2)c2ccc(CCCCCCCC)cc2)-c2ccc(N(c5ccc(C)cc5)c5ccc(C)cc5)cc2/C3=C2\CC3C2C2C3C3C5C6C7CCC7C6C5C23)/C(=C2/CC3C2C2C3C3C5C6C7CCC7C6C5C23)c2cc(C=O)ccc2-4)cc1. The number of nitrogens with zero attached hydrogens (tertiary/aromatic N) is 1. The average Bonchev–Trinajstić information content (AvgIpc) is 0.727. The summed E-state index contributed by atoms with van der Waals surface area (Å²) in [6.45, 7) is 13.9. The van der Waals surface area contributed by atoms with Gasteiger partial charge in [0.1, 0.15) is 6.29 Å². The fraction of sp³-hybridized carbons (Fsp3) is 0.482. The third-order valence-electron chi connectivity index (χ3n) is 43.9. The van der Waals surface area contributed by atoms with Crippen LogP contribution >= 0.6 is 0 Å². The topological polar surface area (TPSA) is 20.3 Å². The van der Waals surface area contributed by atoms with Gasteiger partial charge in [-0.3, -0.25) is 4.79 Å². The molecule has 18 aliphatic carbocycles. The minimum absolute atomic E-state index is 0.669. The molecule has 0 bridgehead atoms. The monoisotopic (exact) mass is 1820 g/mol. The molecule has 139 heavy (non-hydrogen) atoms. The molecule has 11 aromatic carbocycles. The number of unbranched alkanes of at least 4 members (excludes halogenated alkanes) is 20. The first kappa shape index (κ1) is 86.1. The van der Waals surface area contributed by atoms with Gasteiger partial charge in [0.2, 0.25) is 0 Å². The van der Waals surface area contributed by atoms with Gasteiger partial charge in [0, 0.05) is 22.6 Å². The molecule has 0 aromatic heterocycles. The number of carbonyl (C=O) groups is 1. The molecule has 2 heteroatoms. The highest BCUT2D eigenvalue weighted by molar-refractivity contribution is 6.10. The zero-order valence-electron chi connectivity index (χ0n) is 84.1. The third-order valence-corrected chi connectivity index (χ3v) is 43.9. The summed E-state index contributed by atoms with van der Waals surface area (Å²) in [5.74, 6) is 23.2. The number of hydrogen-bond acceptors (Lipinski definition) is 2. The Morgan fingerprint density at radius 3 is 0.863 bits per heavy atom. The van der Waals surface area contributed by atoms with Gasteiger partial charge in [-0.15, -0.1) is 0 Å². The molecular formula is C137H147NO. The molecule has 24 atom stereocenters. The van der Waals surface area contributed by atoms with E-state index in [9.17, 15) is 4.79 Å². The van der Waals surface area contributed by atoms with E-state index in [0.717, 1.165) is 168 Å². The predicted octanol–water partition coefficient (Wildman–Crippen LogP) is 34.8. The Bertz CT molecular complexity index is 6630. The van der Waals surface area contributed by atoms with E-state index < -0.39 is 10.8 Å². The largest absolute Gasteiger partial charge is 0.310 e. The Kier molecular flexibility index (Phi) is 20.6. The molecule has 706 valence electrons. The summed E-state index contributed by atoms with van der Waals surface area (Å²) in [5, 5.41) is 0. The maximum Gasteiger partial charge on any atom is 0.150 e. The summed E-state index contributed by atoms with van der Waals surface area (Å²) in [5.41, 5.74) is 46.1. The number of aryl methyl sites for hydroxylation is 6. The van der Waals surface area contributed by atoms with Crippen LogP contribution in [0.2, 0.25) is 0 Å². The molecule has 0 aliphatic heterocycles. The van der Waals surface area contributed by atoms with Crippen molar-refractivity contribution >= 4 is 34.5 Å². The molecule has 14 saturated carbocycles. The first-order valence-electron chi connectivity index (χ1n) is 57.7. The van der Waals surface area contributed by atoms with Crippen molar-refractivity contribution in [3.8, 4) is 44.5 Å². The lowest BCUT2D eigenvalue weighted by molar-refractivity contribution is -0.434. The molecule has 0 N–H and O–H groups in total. The average molecular weight is 1820 g/mol. The van der Waals surface area contributed by atoms with Crippen molar-refractivity contribution in [2.24, 2.45) is 142 Å². The van der Waals surface area contributed by atoms with Crippen molar-refractivity contribution in [3.63, 3.8) is 0 Å². The van der Waals surface area contributed by atoms with Gasteiger partial charge in [-0.2, -0.15) is 0 Å². The van der Waals surface area contributed by atoms with Crippen molar-refractivity contribution in [1.82, 2.24) is 0 Å². The number of fused-ring (bicyclic) bond motifs is 44. The molecule has 0 amide bonds. The Hall–Kier alpha value is -9.63. The van der Waals surface area contributed by atoms with Gasteiger partial charge >= 0.3 is 0 Å². The standard InChI is InChI=1S/C137H147NO/c1-7-11-15-19-23-27-31-80-39-48-85(49-40-80)136(86-50-41-81(42-51-86)32-28-24-20-16-12-8-2)112-73-98-92-61-47-84(77-139)67-104(92)116(108-71-110-118(108)126-124(110)132-128-120-94-63-65-96(94)122(120)130(128)134(126)132)106(98)69-100(112)102-75-115-103(76-114(102)136)101-70-107-99(74-113(101)137(115,87-52-43-82(44-53-87)33-29-25-21-17-13-9-3)88-54-45-83(46-55-88)34-30-26-22-18-14-10-4)93-62-60-91(138(89-56-35-78(5)36-57-89)90-58-37-79(6)38-59-90)68-105(93)117(107)109-72-111-119(109)127-125(111)133-129-121-95-64-66-97(95)123(121)131(129)135(127)133/h35-62,67-70,73-77,94-97,110-111,118-135H,7-34,63-66,71-72H2,1-6H3/b116-108-,117-109-. The van der Waals surface area contributed by atoms with Crippen LogP contribution in [-0.4, -0.2) is 6.29 Å². The predicted molar refractivity (Wildman–Crippen MR) is 573 cm³/mol. The van der Waals surface area contributed by atoms with E-state index in [1.807, 2.05) is 0 Å². The Labute approximate surface area is 830 Å².